The first-order valence-electron chi connectivity index (χ1n) is 7.35. The summed E-state index contributed by atoms with van der Waals surface area (Å²) in [5.41, 5.74) is 2.93. The van der Waals surface area contributed by atoms with Crippen molar-refractivity contribution in [3.8, 4) is 28.5 Å². The first-order chi connectivity index (χ1) is 11.9. The lowest BCUT2D eigenvalue weighted by Gasteiger charge is -2.07. The minimum Gasteiger partial charge on any atom is -0.254 e. The van der Waals surface area contributed by atoms with E-state index in [2.05, 4.69) is 11.1 Å². The normalized spacial score (nSPS) is 11.1. The molecular weight excluding hydrogens is 339 g/mol. The van der Waals surface area contributed by atoms with Gasteiger partial charge >= 0.3 is 0 Å². The summed E-state index contributed by atoms with van der Waals surface area (Å²) in [6.07, 6.45) is 2.75. The van der Waals surface area contributed by atoms with E-state index in [0.717, 1.165) is 11.8 Å². The molecule has 0 aliphatic heterocycles. The van der Waals surface area contributed by atoms with Gasteiger partial charge in [-0.1, -0.05) is 12.1 Å². The smallest absolute Gasteiger partial charge is 0.175 e. The molecule has 0 bridgehead atoms. The molecule has 3 aromatic rings. The van der Waals surface area contributed by atoms with E-state index in [9.17, 15) is 18.1 Å². The van der Waals surface area contributed by atoms with E-state index in [1.807, 2.05) is 0 Å². The zero-order chi connectivity index (χ0) is 18.0. The fourth-order valence-electron chi connectivity index (χ4n) is 2.44. The minimum atomic E-state index is -3.26. The van der Waals surface area contributed by atoms with Crippen molar-refractivity contribution in [3.05, 3.63) is 72.2 Å². The predicted octanol–water partition coefficient (Wildman–Crippen LogP) is 3.83. The van der Waals surface area contributed by atoms with E-state index in [1.54, 1.807) is 36.5 Å². The van der Waals surface area contributed by atoms with E-state index in [1.165, 1.54) is 24.3 Å². The molecule has 3 rings (SSSR count). The lowest BCUT2D eigenvalue weighted by Crippen LogP contribution is -1.96. The number of nitrogens with zero attached hydrogens (tertiary/aromatic N) is 2. The third kappa shape index (κ3) is 3.57. The Morgan fingerprint density at radius 1 is 0.960 bits per heavy atom. The van der Waals surface area contributed by atoms with Crippen LogP contribution in [-0.2, 0) is 9.84 Å². The number of benzene rings is 2. The average molecular weight is 352 g/mol. The molecule has 0 fully saturated rings. The average Bonchev–Trinajstić information content (AvgIpc) is 2.61. The topological polar surface area (TPSA) is 70.8 Å². The Morgan fingerprint density at radius 3 is 2.12 bits per heavy atom. The third-order valence-electron chi connectivity index (χ3n) is 3.74. The largest absolute Gasteiger partial charge is 0.254 e. The van der Waals surface area contributed by atoms with Crippen LogP contribution >= 0.6 is 0 Å². The number of pyridine rings is 1. The van der Waals surface area contributed by atoms with E-state index >= 15 is 0 Å². The zero-order valence-corrected chi connectivity index (χ0v) is 14.1. The summed E-state index contributed by atoms with van der Waals surface area (Å²) in [7, 11) is -3.26. The molecule has 0 unspecified atom stereocenters. The Kier molecular flexibility index (Phi) is 4.34. The molecule has 0 aliphatic rings. The van der Waals surface area contributed by atoms with Gasteiger partial charge in [-0.2, -0.15) is 5.26 Å². The van der Waals surface area contributed by atoms with Gasteiger partial charge in [0.15, 0.2) is 9.84 Å². The van der Waals surface area contributed by atoms with Crippen molar-refractivity contribution in [1.29, 1.82) is 5.26 Å². The van der Waals surface area contributed by atoms with Crippen LogP contribution in [0.2, 0.25) is 0 Å². The van der Waals surface area contributed by atoms with Crippen LogP contribution in [0.15, 0.2) is 65.7 Å². The molecule has 0 N–H and O–H groups in total. The van der Waals surface area contributed by atoms with Crippen LogP contribution in [0.25, 0.3) is 22.4 Å². The van der Waals surface area contributed by atoms with Crippen molar-refractivity contribution in [2.45, 2.75) is 4.90 Å². The number of sulfone groups is 1. The molecule has 0 saturated carbocycles. The van der Waals surface area contributed by atoms with Crippen molar-refractivity contribution >= 4 is 9.84 Å². The number of halogens is 1. The summed E-state index contributed by atoms with van der Waals surface area (Å²) in [5, 5.41) is 9.41. The Morgan fingerprint density at radius 2 is 1.56 bits per heavy atom. The Bertz CT molecular complexity index is 1070. The number of aromatic nitrogens is 1. The lowest BCUT2D eigenvalue weighted by molar-refractivity contribution is 0.602. The summed E-state index contributed by atoms with van der Waals surface area (Å²) in [6.45, 7) is 0. The molecular formula is C19H13FN2O2S. The van der Waals surface area contributed by atoms with Gasteiger partial charge in [0.1, 0.15) is 11.9 Å². The van der Waals surface area contributed by atoms with Gasteiger partial charge in [-0.3, -0.25) is 4.98 Å². The van der Waals surface area contributed by atoms with Crippen LogP contribution in [0.3, 0.4) is 0 Å². The molecule has 0 aliphatic carbocycles. The highest BCUT2D eigenvalue weighted by Gasteiger charge is 2.11. The molecule has 0 spiro atoms. The van der Waals surface area contributed by atoms with E-state index in [-0.39, 0.29) is 10.7 Å². The quantitative estimate of drug-likeness (QED) is 0.718. The molecule has 124 valence electrons. The van der Waals surface area contributed by atoms with Crippen LogP contribution in [0.5, 0.6) is 0 Å². The van der Waals surface area contributed by atoms with Crippen LogP contribution < -0.4 is 0 Å². The van der Waals surface area contributed by atoms with Crippen molar-refractivity contribution in [2.24, 2.45) is 0 Å². The van der Waals surface area contributed by atoms with Gasteiger partial charge in [-0.25, -0.2) is 12.8 Å². The van der Waals surface area contributed by atoms with Gasteiger partial charge in [-0.05, 0) is 48.0 Å². The maximum atomic E-state index is 13.1. The molecule has 0 amide bonds. The van der Waals surface area contributed by atoms with Gasteiger partial charge in [0.2, 0.25) is 0 Å². The maximum Gasteiger partial charge on any atom is 0.175 e. The highest BCUT2D eigenvalue weighted by molar-refractivity contribution is 7.90. The predicted molar refractivity (Wildman–Crippen MR) is 92.9 cm³/mol. The highest BCUT2D eigenvalue weighted by atomic mass is 32.2. The van der Waals surface area contributed by atoms with E-state index < -0.39 is 9.84 Å². The standard InChI is InChI=1S/C19H13FN2O2S/c1-25(23,24)18-8-4-13(5-9-18)16-10-15(11-21)19(22-12-16)14-2-6-17(20)7-3-14/h2-10,12H,1H3. The molecule has 25 heavy (non-hydrogen) atoms. The monoisotopic (exact) mass is 352 g/mol. The fourth-order valence-corrected chi connectivity index (χ4v) is 3.07. The van der Waals surface area contributed by atoms with Gasteiger partial charge in [0.05, 0.1) is 16.2 Å². The second-order valence-electron chi connectivity index (χ2n) is 5.54. The zero-order valence-electron chi connectivity index (χ0n) is 13.3. The molecule has 2 aromatic carbocycles. The molecule has 1 heterocycles. The molecule has 0 atom stereocenters. The molecule has 6 heteroatoms. The molecule has 4 nitrogen and oxygen atoms in total. The van der Waals surface area contributed by atoms with Gasteiger partial charge < -0.3 is 0 Å². The van der Waals surface area contributed by atoms with Gasteiger partial charge in [0, 0.05) is 23.6 Å². The summed E-state index contributed by atoms with van der Waals surface area (Å²) < 4.78 is 36.1. The summed E-state index contributed by atoms with van der Waals surface area (Å²) in [5.74, 6) is -0.357. The molecule has 0 radical (unpaired) electrons. The highest BCUT2D eigenvalue weighted by Crippen LogP contribution is 2.27. The Labute approximate surface area is 145 Å². The van der Waals surface area contributed by atoms with Crippen molar-refractivity contribution in [2.75, 3.05) is 6.26 Å². The Balaban J connectivity index is 2.02. The van der Waals surface area contributed by atoms with Crippen LogP contribution in [0.1, 0.15) is 5.56 Å². The van der Waals surface area contributed by atoms with Crippen LogP contribution in [-0.4, -0.2) is 19.7 Å². The Hall–Kier alpha value is -3.04. The lowest BCUT2D eigenvalue weighted by atomic mass is 10.0. The SMILES string of the molecule is CS(=O)(=O)c1ccc(-c2cnc(-c3ccc(F)cc3)c(C#N)c2)cc1. The summed E-state index contributed by atoms with van der Waals surface area (Å²) in [6, 6.07) is 15.9. The summed E-state index contributed by atoms with van der Waals surface area (Å²) >= 11 is 0. The summed E-state index contributed by atoms with van der Waals surface area (Å²) in [4.78, 5) is 4.56. The van der Waals surface area contributed by atoms with Crippen LogP contribution in [0.4, 0.5) is 4.39 Å². The van der Waals surface area contributed by atoms with E-state index in [4.69, 9.17) is 0 Å². The first-order valence-corrected chi connectivity index (χ1v) is 9.24. The number of nitriles is 1. The number of hydrogen-bond acceptors (Lipinski definition) is 4. The van der Waals surface area contributed by atoms with Gasteiger partial charge in [0.25, 0.3) is 0 Å². The minimum absolute atomic E-state index is 0.229. The van der Waals surface area contributed by atoms with E-state index in [0.29, 0.717) is 22.4 Å². The fraction of sp³-hybridized carbons (Fsp3) is 0.0526. The van der Waals surface area contributed by atoms with Crippen molar-refractivity contribution < 1.29 is 12.8 Å². The molecule has 1 aromatic heterocycles. The maximum absolute atomic E-state index is 13.1. The number of hydrogen-bond donors (Lipinski definition) is 0. The van der Waals surface area contributed by atoms with Gasteiger partial charge in [-0.15, -0.1) is 0 Å². The van der Waals surface area contributed by atoms with Crippen molar-refractivity contribution in [1.82, 2.24) is 4.98 Å². The first kappa shape index (κ1) is 16.8. The van der Waals surface area contributed by atoms with Crippen LogP contribution in [0, 0.1) is 17.1 Å². The number of rotatable bonds is 3. The third-order valence-corrected chi connectivity index (χ3v) is 4.87. The van der Waals surface area contributed by atoms with Crippen molar-refractivity contribution in [3.63, 3.8) is 0 Å². The second kappa shape index (κ2) is 6.46. The molecule has 0 saturated heterocycles. The second-order valence-corrected chi connectivity index (χ2v) is 7.55.